The molecular weight excluding hydrogens is 380 g/mol. The van der Waals surface area contributed by atoms with Gasteiger partial charge in [0.25, 0.3) is 0 Å². The molecular formula is C20H23F2N5S. The first kappa shape index (κ1) is 20.2. The molecule has 28 heavy (non-hydrogen) atoms. The number of nitrogens with two attached hydrogens (primary N) is 1. The number of nitrogens with one attached hydrogen (secondary N) is 1. The van der Waals surface area contributed by atoms with Crippen LogP contribution in [-0.4, -0.2) is 42.4 Å². The molecule has 0 atom stereocenters. The highest BCUT2D eigenvalue weighted by atomic mass is 32.1. The van der Waals surface area contributed by atoms with Crippen LogP contribution in [0.25, 0.3) is 0 Å². The van der Waals surface area contributed by atoms with E-state index in [2.05, 4.69) is 46.7 Å². The fourth-order valence-electron chi connectivity index (χ4n) is 3.24. The Kier molecular flexibility index (Phi) is 6.53. The average molecular weight is 404 g/mol. The Bertz CT molecular complexity index is 879. The fraction of sp³-hybridized carbons (Fsp3) is 0.300. The second kappa shape index (κ2) is 9.07. The van der Waals surface area contributed by atoms with Gasteiger partial charge in [0.2, 0.25) is 0 Å². The number of benzene rings is 2. The minimum absolute atomic E-state index is 0.0307. The molecule has 2 aromatic carbocycles. The van der Waals surface area contributed by atoms with Crippen LogP contribution in [0.5, 0.6) is 0 Å². The predicted octanol–water partition coefficient (Wildman–Crippen LogP) is 2.76. The molecule has 0 radical (unpaired) electrons. The van der Waals surface area contributed by atoms with E-state index in [-0.39, 0.29) is 16.4 Å². The largest absolute Gasteiger partial charge is 0.375 e. The van der Waals surface area contributed by atoms with Gasteiger partial charge in [0.15, 0.2) is 16.7 Å². The first-order valence-electron chi connectivity index (χ1n) is 9.04. The average Bonchev–Trinajstić information content (AvgIpc) is 2.68. The summed E-state index contributed by atoms with van der Waals surface area (Å²) in [6.45, 7) is 5.82. The van der Waals surface area contributed by atoms with Crippen LogP contribution in [0.1, 0.15) is 16.7 Å². The number of hydrogen-bond acceptors (Lipinski definition) is 4. The summed E-state index contributed by atoms with van der Waals surface area (Å²) in [6.07, 6.45) is 1.15. The summed E-state index contributed by atoms with van der Waals surface area (Å²) in [5.74, 6) is -1.81. The van der Waals surface area contributed by atoms with E-state index in [0.717, 1.165) is 25.8 Å². The highest BCUT2D eigenvalue weighted by Gasteiger charge is 2.22. The maximum absolute atomic E-state index is 14.6. The minimum atomic E-state index is -0.937. The Balaban J connectivity index is 1.64. The topological polar surface area (TPSA) is 56.9 Å². The van der Waals surface area contributed by atoms with Gasteiger partial charge >= 0.3 is 0 Å². The molecule has 0 aliphatic carbocycles. The van der Waals surface area contributed by atoms with Crippen molar-refractivity contribution in [2.24, 2.45) is 10.8 Å². The molecule has 1 aliphatic heterocycles. The molecule has 0 aromatic heterocycles. The van der Waals surface area contributed by atoms with Crippen LogP contribution in [0, 0.1) is 18.6 Å². The first-order chi connectivity index (χ1) is 13.5. The van der Waals surface area contributed by atoms with Gasteiger partial charge in [-0.2, -0.15) is 5.10 Å². The van der Waals surface area contributed by atoms with Crippen molar-refractivity contribution in [2.45, 2.75) is 13.5 Å². The lowest BCUT2D eigenvalue weighted by Gasteiger charge is -2.36. The highest BCUT2D eigenvalue weighted by molar-refractivity contribution is 7.80. The van der Waals surface area contributed by atoms with Gasteiger partial charge in [-0.3, -0.25) is 10.3 Å². The number of thiocarbonyl (C=S) groups is 1. The molecule has 0 unspecified atom stereocenters. The Morgan fingerprint density at radius 3 is 2.54 bits per heavy atom. The number of piperazine rings is 1. The van der Waals surface area contributed by atoms with Crippen molar-refractivity contribution in [3.8, 4) is 0 Å². The molecule has 0 saturated carbocycles. The third-order valence-electron chi connectivity index (χ3n) is 4.84. The van der Waals surface area contributed by atoms with Crippen LogP contribution in [0.4, 0.5) is 14.5 Å². The van der Waals surface area contributed by atoms with Gasteiger partial charge in [0, 0.05) is 38.3 Å². The maximum Gasteiger partial charge on any atom is 0.184 e. The number of anilines is 1. The quantitative estimate of drug-likeness (QED) is 0.457. The molecule has 3 N–H and O–H groups in total. The molecule has 2 aromatic rings. The molecule has 1 saturated heterocycles. The molecule has 0 bridgehead atoms. The van der Waals surface area contributed by atoms with Crippen molar-refractivity contribution < 1.29 is 8.78 Å². The highest BCUT2D eigenvalue weighted by Crippen LogP contribution is 2.25. The van der Waals surface area contributed by atoms with Crippen molar-refractivity contribution in [2.75, 3.05) is 31.1 Å². The van der Waals surface area contributed by atoms with E-state index < -0.39 is 11.6 Å². The van der Waals surface area contributed by atoms with Crippen molar-refractivity contribution in [3.63, 3.8) is 0 Å². The standard InChI is InChI=1S/C20H23F2N5S/c1-14-4-2-3-5-16(14)13-26-8-10-27(11-9-26)17-7-6-15(18(21)19(17)22)12-24-25-20(23)28/h2-7,12H,8-11,13H2,1H3,(H3,23,25,28). The van der Waals surface area contributed by atoms with Gasteiger partial charge in [-0.1, -0.05) is 24.3 Å². The van der Waals surface area contributed by atoms with E-state index in [1.807, 2.05) is 17.0 Å². The SMILES string of the molecule is Cc1ccccc1CN1CCN(c2ccc(C=NNC(N)=S)c(F)c2F)CC1. The van der Waals surface area contributed by atoms with Crippen LogP contribution in [0.2, 0.25) is 0 Å². The molecule has 0 spiro atoms. The van der Waals surface area contributed by atoms with E-state index in [1.165, 1.54) is 17.2 Å². The Morgan fingerprint density at radius 1 is 1.14 bits per heavy atom. The van der Waals surface area contributed by atoms with Crippen molar-refractivity contribution >= 4 is 29.2 Å². The van der Waals surface area contributed by atoms with E-state index in [0.29, 0.717) is 13.1 Å². The number of rotatable bonds is 5. The Morgan fingerprint density at radius 2 is 1.86 bits per heavy atom. The maximum atomic E-state index is 14.6. The van der Waals surface area contributed by atoms with E-state index in [1.54, 1.807) is 6.07 Å². The number of hydrazone groups is 1. The summed E-state index contributed by atoms with van der Waals surface area (Å²) in [5.41, 5.74) is 10.4. The first-order valence-corrected chi connectivity index (χ1v) is 9.45. The summed E-state index contributed by atoms with van der Waals surface area (Å²) in [4.78, 5) is 4.20. The van der Waals surface area contributed by atoms with Gasteiger partial charge < -0.3 is 10.6 Å². The molecule has 8 heteroatoms. The van der Waals surface area contributed by atoms with Crippen LogP contribution < -0.4 is 16.1 Å². The van der Waals surface area contributed by atoms with Crippen LogP contribution in [-0.2, 0) is 6.54 Å². The molecule has 0 amide bonds. The summed E-state index contributed by atoms with van der Waals surface area (Å²) in [6, 6.07) is 11.4. The number of hydrogen-bond donors (Lipinski definition) is 2. The van der Waals surface area contributed by atoms with E-state index in [4.69, 9.17) is 5.73 Å². The van der Waals surface area contributed by atoms with Gasteiger partial charge in [-0.15, -0.1) is 0 Å². The third-order valence-corrected chi connectivity index (χ3v) is 4.93. The van der Waals surface area contributed by atoms with Crippen molar-refractivity contribution in [1.82, 2.24) is 10.3 Å². The molecule has 3 rings (SSSR count). The van der Waals surface area contributed by atoms with Gasteiger partial charge in [0.05, 0.1) is 11.9 Å². The summed E-state index contributed by atoms with van der Waals surface area (Å²) >= 11 is 4.61. The second-order valence-corrected chi connectivity index (χ2v) is 7.17. The summed E-state index contributed by atoms with van der Waals surface area (Å²) in [5, 5.41) is 3.63. The Hall–Kier alpha value is -2.58. The predicted molar refractivity (Wildman–Crippen MR) is 113 cm³/mol. The lowest BCUT2D eigenvalue weighted by atomic mass is 10.1. The van der Waals surface area contributed by atoms with E-state index >= 15 is 0 Å². The minimum Gasteiger partial charge on any atom is -0.375 e. The molecule has 1 heterocycles. The zero-order valence-electron chi connectivity index (χ0n) is 15.7. The lowest BCUT2D eigenvalue weighted by molar-refractivity contribution is 0.248. The normalized spacial score (nSPS) is 15.2. The number of nitrogens with zero attached hydrogens (tertiary/aromatic N) is 3. The zero-order chi connectivity index (χ0) is 20.1. The zero-order valence-corrected chi connectivity index (χ0v) is 16.5. The second-order valence-electron chi connectivity index (χ2n) is 6.73. The summed E-state index contributed by atoms with van der Waals surface area (Å²) < 4.78 is 28.9. The Labute approximate surface area is 168 Å². The van der Waals surface area contributed by atoms with Gasteiger partial charge in [-0.25, -0.2) is 8.78 Å². The van der Waals surface area contributed by atoms with Crippen molar-refractivity contribution in [3.05, 3.63) is 64.7 Å². The number of aryl methyl sites for hydroxylation is 1. The summed E-state index contributed by atoms with van der Waals surface area (Å²) in [7, 11) is 0. The van der Waals surface area contributed by atoms with Crippen molar-refractivity contribution in [1.29, 1.82) is 0 Å². The monoisotopic (exact) mass is 403 g/mol. The molecule has 1 aliphatic rings. The van der Waals surface area contributed by atoms with E-state index in [9.17, 15) is 8.78 Å². The van der Waals surface area contributed by atoms with Gasteiger partial charge in [0.1, 0.15) is 0 Å². The van der Waals surface area contributed by atoms with Crippen LogP contribution in [0.15, 0.2) is 41.5 Å². The van der Waals surface area contributed by atoms with Crippen LogP contribution in [0.3, 0.4) is 0 Å². The van der Waals surface area contributed by atoms with Crippen LogP contribution >= 0.6 is 12.2 Å². The molecule has 5 nitrogen and oxygen atoms in total. The number of halogens is 2. The lowest BCUT2D eigenvalue weighted by Crippen LogP contribution is -2.46. The third kappa shape index (κ3) is 4.82. The molecule has 148 valence electrons. The van der Waals surface area contributed by atoms with Gasteiger partial charge in [-0.05, 0) is 42.4 Å². The molecule has 1 fully saturated rings. The smallest absolute Gasteiger partial charge is 0.184 e. The fourth-order valence-corrected chi connectivity index (χ4v) is 3.29.